The van der Waals surface area contributed by atoms with Crippen molar-refractivity contribution in [2.45, 2.75) is 19.4 Å². The number of carbonyl (C=O) groups excluding carboxylic acids is 1. The Bertz CT molecular complexity index is 530. The number of carbonyl (C=O) groups is 1. The molecule has 1 saturated heterocycles. The third-order valence-corrected chi connectivity index (χ3v) is 4.76. The van der Waals surface area contributed by atoms with Crippen LogP contribution in [-0.2, 0) is 9.53 Å². The Hall–Kier alpha value is -1.63. The number of para-hydroxylation sites is 1. The number of ether oxygens (including phenoxy) is 2. The van der Waals surface area contributed by atoms with E-state index in [1.54, 1.807) is 14.2 Å². The van der Waals surface area contributed by atoms with Crippen molar-refractivity contribution in [3.8, 4) is 5.75 Å². The van der Waals surface area contributed by atoms with Gasteiger partial charge in [-0.25, -0.2) is 0 Å². The van der Waals surface area contributed by atoms with E-state index < -0.39 is 0 Å². The lowest BCUT2D eigenvalue weighted by atomic mass is 10.0. The molecule has 1 aromatic carbocycles. The Morgan fingerprint density at radius 3 is 2.60 bits per heavy atom. The van der Waals surface area contributed by atoms with Gasteiger partial charge >= 0.3 is 0 Å². The Morgan fingerprint density at radius 1 is 1.20 bits per heavy atom. The van der Waals surface area contributed by atoms with E-state index in [1.165, 1.54) is 5.56 Å². The molecule has 1 heterocycles. The molecule has 1 N–H and O–H groups in total. The van der Waals surface area contributed by atoms with Gasteiger partial charge in [0.25, 0.3) is 0 Å². The summed E-state index contributed by atoms with van der Waals surface area (Å²) in [4.78, 5) is 16.6. The minimum atomic E-state index is 0.0994. The lowest BCUT2D eigenvalue weighted by Gasteiger charge is -2.38. The second kappa shape index (κ2) is 10.4. The van der Waals surface area contributed by atoms with Crippen LogP contribution >= 0.6 is 0 Å². The normalized spacial score (nSPS) is 17.2. The molecule has 1 amide bonds. The number of rotatable bonds is 9. The highest BCUT2D eigenvalue weighted by molar-refractivity contribution is 5.77. The first kappa shape index (κ1) is 19.7. The maximum Gasteiger partial charge on any atom is 0.234 e. The molecule has 1 aliphatic heterocycles. The number of piperazine rings is 1. The topological polar surface area (TPSA) is 54.0 Å². The standard InChI is InChI=1S/C19H31N3O3/c1-16(17-7-4-5-8-18(17)25-3)22-12-10-21(11-13-22)15-19(23)20-9-6-14-24-2/h4-5,7-8,16H,6,9-15H2,1-3H3,(H,20,23). The molecule has 1 atom stereocenters. The van der Waals surface area contributed by atoms with Gasteiger partial charge in [-0.3, -0.25) is 14.6 Å². The summed E-state index contributed by atoms with van der Waals surface area (Å²) in [7, 11) is 3.39. The molecular weight excluding hydrogens is 318 g/mol. The van der Waals surface area contributed by atoms with Crippen LogP contribution in [0.4, 0.5) is 0 Å². The maximum absolute atomic E-state index is 12.0. The van der Waals surface area contributed by atoms with Crippen LogP contribution in [0.5, 0.6) is 5.75 Å². The molecule has 0 radical (unpaired) electrons. The molecule has 1 unspecified atom stereocenters. The lowest BCUT2D eigenvalue weighted by molar-refractivity contribution is -0.122. The van der Waals surface area contributed by atoms with Crippen molar-refractivity contribution in [3.63, 3.8) is 0 Å². The molecule has 25 heavy (non-hydrogen) atoms. The second-order valence-corrected chi connectivity index (χ2v) is 6.43. The van der Waals surface area contributed by atoms with Crippen LogP contribution in [0.3, 0.4) is 0 Å². The van der Waals surface area contributed by atoms with Gasteiger partial charge < -0.3 is 14.8 Å². The van der Waals surface area contributed by atoms with E-state index in [0.29, 0.717) is 25.7 Å². The highest BCUT2D eigenvalue weighted by atomic mass is 16.5. The van der Waals surface area contributed by atoms with Gasteiger partial charge in [0.15, 0.2) is 0 Å². The second-order valence-electron chi connectivity index (χ2n) is 6.43. The molecule has 0 aromatic heterocycles. The van der Waals surface area contributed by atoms with Crippen LogP contribution in [0.25, 0.3) is 0 Å². The van der Waals surface area contributed by atoms with Crippen molar-refractivity contribution in [1.29, 1.82) is 0 Å². The summed E-state index contributed by atoms with van der Waals surface area (Å²) in [5, 5.41) is 2.95. The quantitative estimate of drug-likeness (QED) is 0.685. The summed E-state index contributed by atoms with van der Waals surface area (Å²) in [5.74, 6) is 1.04. The Morgan fingerprint density at radius 2 is 1.92 bits per heavy atom. The largest absolute Gasteiger partial charge is 0.496 e. The minimum Gasteiger partial charge on any atom is -0.496 e. The van der Waals surface area contributed by atoms with Gasteiger partial charge in [-0.05, 0) is 19.4 Å². The molecule has 1 aliphatic rings. The van der Waals surface area contributed by atoms with Crippen LogP contribution in [0.1, 0.15) is 24.9 Å². The summed E-state index contributed by atoms with van der Waals surface area (Å²) in [6, 6.07) is 8.50. The monoisotopic (exact) mass is 349 g/mol. The number of nitrogens with one attached hydrogen (secondary N) is 1. The number of hydrogen-bond donors (Lipinski definition) is 1. The summed E-state index contributed by atoms with van der Waals surface area (Å²) in [6.07, 6.45) is 0.854. The Labute approximate surface area is 151 Å². The van der Waals surface area contributed by atoms with Crippen LogP contribution in [0.2, 0.25) is 0 Å². The fourth-order valence-corrected chi connectivity index (χ4v) is 3.22. The number of amides is 1. The average Bonchev–Trinajstić information content (AvgIpc) is 2.65. The SMILES string of the molecule is COCCCNC(=O)CN1CCN(C(C)c2ccccc2OC)CC1. The van der Waals surface area contributed by atoms with Gasteiger partial charge in [-0.1, -0.05) is 18.2 Å². The van der Waals surface area contributed by atoms with Crippen molar-refractivity contribution < 1.29 is 14.3 Å². The Kier molecular flexibility index (Phi) is 8.18. The van der Waals surface area contributed by atoms with Crippen LogP contribution in [0.15, 0.2) is 24.3 Å². The highest BCUT2D eigenvalue weighted by Crippen LogP contribution is 2.29. The van der Waals surface area contributed by atoms with Gasteiger partial charge in [0.05, 0.1) is 13.7 Å². The first-order valence-electron chi connectivity index (χ1n) is 9.00. The molecule has 0 spiro atoms. The minimum absolute atomic E-state index is 0.0994. The first-order valence-corrected chi connectivity index (χ1v) is 9.00. The van der Waals surface area contributed by atoms with Crippen LogP contribution < -0.4 is 10.1 Å². The third kappa shape index (κ3) is 5.99. The van der Waals surface area contributed by atoms with Crippen LogP contribution in [0, 0.1) is 0 Å². The van der Waals surface area contributed by atoms with Crippen molar-refractivity contribution in [1.82, 2.24) is 15.1 Å². The molecule has 6 heteroatoms. The fraction of sp³-hybridized carbons (Fsp3) is 0.632. The molecule has 2 rings (SSSR count). The van der Waals surface area contributed by atoms with Gasteiger partial charge in [-0.2, -0.15) is 0 Å². The fourth-order valence-electron chi connectivity index (χ4n) is 3.22. The molecule has 1 fully saturated rings. The van der Waals surface area contributed by atoms with E-state index in [9.17, 15) is 4.79 Å². The number of nitrogens with zero attached hydrogens (tertiary/aromatic N) is 2. The average molecular weight is 349 g/mol. The Balaban J connectivity index is 1.76. The van der Waals surface area contributed by atoms with E-state index >= 15 is 0 Å². The molecule has 140 valence electrons. The molecule has 6 nitrogen and oxygen atoms in total. The number of benzene rings is 1. The highest BCUT2D eigenvalue weighted by Gasteiger charge is 2.24. The summed E-state index contributed by atoms with van der Waals surface area (Å²) >= 11 is 0. The van der Waals surface area contributed by atoms with Crippen LogP contribution in [-0.4, -0.2) is 75.8 Å². The van der Waals surface area contributed by atoms with Crippen molar-refractivity contribution in [2.24, 2.45) is 0 Å². The number of hydrogen-bond acceptors (Lipinski definition) is 5. The lowest BCUT2D eigenvalue weighted by Crippen LogP contribution is -2.50. The van der Waals surface area contributed by atoms with Gasteiger partial charge in [0.2, 0.25) is 5.91 Å². The van der Waals surface area contributed by atoms with Crippen molar-refractivity contribution in [2.75, 3.05) is 60.1 Å². The zero-order valence-electron chi connectivity index (χ0n) is 15.7. The molecule has 0 aliphatic carbocycles. The summed E-state index contributed by atoms with van der Waals surface area (Å²) in [5.41, 5.74) is 1.22. The molecular formula is C19H31N3O3. The van der Waals surface area contributed by atoms with E-state index in [-0.39, 0.29) is 5.91 Å². The van der Waals surface area contributed by atoms with E-state index in [2.05, 4.69) is 34.2 Å². The predicted octanol–water partition coefficient (Wildman–Crippen LogP) is 1.53. The van der Waals surface area contributed by atoms with Crippen molar-refractivity contribution in [3.05, 3.63) is 29.8 Å². The molecule has 0 saturated carbocycles. The summed E-state index contributed by atoms with van der Waals surface area (Å²) in [6.45, 7) is 7.78. The predicted molar refractivity (Wildman–Crippen MR) is 98.9 cm³/mol. The first-order chi connectivity index (χ1) is 12.2. The van der Waals surface area contributed by atoms with Crippen molar-refractivity contribution >= 4 is 5.91 Å². The van der Waals surface area contributed by atoms with E-state index in [0.717, 1.165) is 38.3 Å². The van der Waals surface area contributed by atoms with Gasteiger partial charge in [0.1, 0.15) is 5.75 Å². The zero-order chi connectivity index (χ0) is 18.1. The third-order valence-electron chi connectivity index (χ3n) is 4.76. The maximum atomic E-state index is 12.0. The van der Waals surface area contributed by atoms with Gasteiger partial charge in [-0.15, -0.1) is 0 Å². The molecule has 0 bridgehead atoms. The van der Waals surface area contributed by atoms with Gasteiger partial charge in [0, 0.05) is 58.0 Å². The van der Waals surface area contributed by atoms with E-state index in [4.69, 9.17) is 9.47 Å². The molecule has 1 aromatic rings. The van der Waals surface area contributed by atoms with E-state index in [1.807, 2.05) is 12.1 Å². The number of methoxy groups -OCH3 is 2. The smallest absolute Gasteiger partial charge is 0.234 e. The zero-order valence-corrected chi connectivity index (χ0v) is 15.7. The summed E-state index contributed by atoms with van der Waals surface area (Å²) < 4.78 is 10.5.